The van der Waals surface area contributed by atoms with Crippen molar-refractivity contribution in [2.45, 2.75) is 25.8 Å². The Hall–Kier alpha value is -2.19. The molecule has 0 aromatic carbocycles. The van der Waals surface area contributed by atoms with E-state index < -0.39 is 0 Å². The summed E-state index contributed by atoms with van der Waals surface area (Å²) >= 11 is 0. The smallest absolute Gasteiger partial charge is 0.317 e. The number of amides is 2. The first-order chi connectivity index (χ1) is 12.5. The number of pyridine rings is 1. The van der Waals surface area contributed by atoms with Crippen LogP contribution in [-0.4, -0.2) is 77.3 Å². The highest BCUT2D eigenvalue weighted by molar-refractivity contribution is 5.74. The number of aliphatic hydroxyl groups excluding tert-OH is 1. The summed E-state index contributed by atoms with van der Waals surface area (Å²) in [5, 5.41) is 19.0. The molecule has 1 aromatic heterocycles. The van der Waals surface area contributed by atoms with Gasteiger partial charge in [0.1, 0.15) is 0 Å². The molecule has 0 saturated carbocycles. The lowest BCUT2D eigenvalue weighted by Gasteiger charge is -2.31. The van der Waals surface area contributed by atoms with E-state index in [2.05, 4.69) is 15.2 Å². The number of carbonyl (C=O) groups is 2. The van der Waals surface area contributed by atoms with E-state index in [4.69, 9.17) is 15.0 Å². The van der Waals surface area contributed by atoms with Crippen LogP contribution >= 0.6 is 0 Å². The van der Waals surface area contributed by atoms with Gasteiger partial charge >= 0.3 is 6.03 Å². The summed E-state index contributed by atoms with van der Waals surface area (Å²) < 4.78 is 0. The topological polar surface area (TPSA) is 106 Å². The van der Waals surface area contributed by atoms with Crippen LogP contribution in [0, 0.1) is 5.92 Å². The monoisotopic (exact) mass is 366 g/mol. The minimum absolute atomic E-state index is 0.0102. The normalized spacial score (nSPS) is 16.1. The molecule has 1 aliphatic heterocycles. The number of piperidine rings is 1. The number of carbonyl (C=O) groups excluding carboxylic acids is 1. The van der Waals surface area contributed by atoms with Crippen molar-refractivity contribution in [2.75, 3.05) is 39.8 Å². The molecule has 8 nitrogen and oxygen atoms in total. The molecule has 2 rings (SSSR count). The van der Waals surface area contributed by atoms with E-state index in [-0.39, 0.29) is 18.5 Å². The predicted molar refractivity (Wildman–Crippen MR) is 98.8 cm³/mol. The van der Waals surface area contributed by atoms with Gasteiger partial charge in [0.2, 0.25) is 0 Å². The van der Waals surface area contributed by atoms with Crippen LogP contribution in [-0.2, 0) is 4.79 Å². The number of nitrogens with one attached hydrogen (secondary N) is 1. The van der Waals surface area contributed by atoms with E-state index in [9.17, 15) is 4.79 Å². The molecular weight excluding hydrogens is 336 g/mol. The Morgan fingerprint density at radius 1 is 1.50 bits per heavy atom. The lowest BCUT2D eigenvalue weighted by atomic mass is 9.98. The van der Waals surface area contributed by atoms with Gasteiger partial charge in [-0.3, -0.25) is 9.78 Å². The van der Waals surface area contributed by atoms with Crippen molar-refractivity contribution in [2.24, 2.45) is 5.92 Å². The van der Waals surface area contributed by atoms with Gasteiger partial charge in [-0.1, -0.05) is 6.07 Å². The molecule has 1 aliphatic rings. The van der Waals surface area contributed by atoms with E-state index in [0.717, 1.165) is 38.0 Å². The molecular formula is C18H30N4O4. The van der Waals surface area contributed by atoms with Crippen LogP contribution in [0.4, 0.5) is 4.79 Å². The Morgan fingerprint density at radius 2 is 2.15 bits per heavy atom. The summed E-state index contributed by atoms with van der Waals surface area (Å²) in [6.45, 7) is 5.55. The van der Waals surface area contributed by atoms with Crippen molar-refractivity contribution in [3.63, 3.8) is 0 Å². The summed E-state index contributed by atoms with van der Waals surface area (Å²) in [4.78, 5) is 28.8. The second kappa shape index (κ2) is 12.2. The molecule has 1 saturated heterocycles. The average molecular weight is 366 g/mol. The fourth-order valence-corrected chi connectivity index (χ4v) is 2.86. The quantitative estimate of drug-likeness (QED) is 0.653. The van der Waals surface area contributed by atoms with Crippen LogP contribution in [0.25, 0.3) is 0 Å². The Morgan fingerprint density at radius 3 is 2.69 bits per heavy atom. The zero-order valence-corrected chi connectivity index (χ0v) is 15.5. The summed E-state index contributed by atoms with van der Waals surface area (Å²) in [7, 11) is 1.81. The summed E-state index contributed by atoms with van der Waals surface area (Å²) in [5.74, 6) is 0.451. The second-order valence-corrected chi connectivity index (χ2v) is 6.38. The van der Waals surface area contributed by atoms with Gasteiger partial charge in [-0.05, 0) is 50.4 Å². The number of rotatable bonds is 6. The molecule has 0 radical (unpaired) electrons. The number of aliphatic hydroxyl groups is 1. The van der Waals surface area contributed by atoms with Gasteiger partial charge in [-0.2, -0.15) is 0 Å². The molecule has 0 bridgehead atoms. The first-order valence-corrected chi connectivity index (χ1v) is 8.85. The molecule has 2 amide bonds. The third-order valence-corrected chi connectivity index (χ3v) is 4.74. The third kappa shape index (κ3) is 7.37. The van der Waals surface area contributed by atoms with Crippen molar-refractivity contribution in [3.8, 4) is 0 Å². The van der Waals surface area contributed by atoms with Crippen molar-refractivity contribution >= 4 is 12.5 Å². The first-order valence-electron chi connectivity index (χ1n) is 8.85. The molecule has 3 N–H and O–H groups in total. The Kier molecular flexibility index (Phi) is 10.3. The predicted octanol–water partition coefficient (Wildman–Crippen LogP) is 1.19. The van der Waals surface area contributed by atoms with Gasteiger partial charge in [-0.15, -0.1) is 0 Å². The van der Waals surface area contributed by atoms with Gasteiger partial charge in [-0.25, -0.2) is 4.79 Å². The van der Waals surface area contributed by atoms with E-state index in [0.29, 0.717) is 19.1 Å². The molecule has 1 atom stereocenters. The van der Waals surface area contributed by atoms with E-state index in [1.807, 2.05) is 19.1 Å². The van der Waals surface area contributed by atoms with Gasteiger partial charge in [0.05, 0.1) is 6.04 Å². The van der Waals surface area contributed by atoms with Crippen molar-refractivity contribution in [1.82, 2.24) is 20.1 Å². The SMILES string of the molecule is CC(c1cccnc1)N(C)C(=O)NCCN1CCC(CO)CC1.O=CO. The van der Waals surface area contributed by atoms with Crippen LogP contribution in [0.15, 0.2) is 24.5 Å². The number of urea groups is 1. The van der Waals surface area contributed by atoms with Crippen LogP contribution in [0.3, 0.4) is 0 Å². The fraction of sp³-hybridized carbons (Fsp3) is 0.611. The maximum Gasteiger partial charge on any atom is 0.317 e. The highest BCUT2D eigenvalue weighted by Crippen LogP contribution is 2.17. The Bertz CT molecular complexity index is 521. The van der Waals surface area contributed by atoms with Gasteiger partial charge < -0.3 is 25.3 Å². The third-order valence-electron chi connectivity index (χ3n) is 4.74. The minimum Gasteiger partial charge on any atom is -0.483 e. The van der Waals surface area contributed by atoms with E-state index in [1.165, 1.54) is 0 Å². The zero-order valence-electron chi connectivity index (χ0n) is 15.5. The van der Waals surface area contributed by atoms with E-state index >= 15 is 0 Å². The maximum atomic E-state index is 12.2. The van der Waals surface area contributed by atoms with Crippen LogP contribution in [0.1, 0.15) is 31.4 Å². The van der Waals surface area contributed by atoms with Crippen LogP contribution in [0.5, 0.6) is 0 Å². The average Bonchev–Trinajstić information content (AvgIpc) is 2.68. The second-order valence-electron chi connectivity index (χ2n) is 6.38. The molecule has 8 heteroatoms. The zero-order chi connectivity index (χ0) is 19.4. The van der Waals surface area contributed by atoms with E-state index in [1.54, 1.807) is 24.3 Å². The molecule has 2 heterocycles. The van der Waals surface area contributed by atoms with Crippen molar-refractivity contribution < 1.29 is 19.8 Å². The number of carboxylic acid groups (broad SMARTS) is 1. The highest BCUT2D eigenvalue weighted by Gasteiger charge is 2.19. The summed E-state index contributed by atoms with van der Waals surface area (Å²) in [6.07, 6.45) is 5.61. The number of hydrogen-bond acceptors (Lipinski definition) is 5. The number of hydrogen-bond donors (Lipinski definition) is 3. The molecule has 146 valence electrons. The summed E-state index contributed by atoms with van der Waals surface area (Å²) in [5.41, 5.74) is 1.02. The molecule has 1 fully saturated rings. The molecule has 26 heavy (non-hydrogen) atoms. The van der Waals surface area contributed by atoms with Gasteiger partial charge in [0.15, 0.2) is 0 Å². The molecule has 0 aliphatic carbocycles. The van der Waals surface area contributed by atoms with Gasteiger partial charge in [0, 0.05) is 39.1 Å². The van der Waals surface area contributed by atoms with Crippen molar-refractivity contribution in [3.05, 3.63) is 30.1 Å². The Labute approximate surface area is 154 Å². The largest absolute Gasteiger partial charge is 0.483 e. The fourth-order valence-electron chi connectivity index (χ4n) is 2.86. The van der Waals surface area contributed by atoms with Crippen LogP contribution in [0.2, 0.25) is 0 Å². The lowest BCUT2D eigenvalue weighted by Crippen LogP contribution is -2.44. The summed E-state index contributed by atoms with van der Waals surface area (Å²) in [6, 6.07) is 3.79. The first kappa shape index (κ1) is 21.9. The highest BCUT2D eigenvalue weighted by atomic mass is 16.3. The minimum atomic E-state index is -0.250. The van der Waals surface area contributed by atoms with Gasteiger partial charge in [0.25, 0.3) is 6.47 Å². The number of likely N-dealkylation sites (tertiary alicyclic amines) is 1. The molecule has 0 spiro atoms. The maximum absolute atomic E-state index is 12.2. The van der Waals surface area contributed by atoms with Crippen LogP contribution < -0.4 is 5.32 Å². The lowest BCUT2D eigenvalue weighted by molar-refractivity contribution is -0.122. The number of aromatic nitrogens is 1. The Balaban J connectivity index is 0.00000105. The standard InChI is InChI=1S/C17H28N4O2.CH2O2/c1-14(16-4-3-7-18-12-16)20(2)17(23)19-8-11-21-9-5-15(13-22)6-10-21;2-1-3/h3-4,7,12,14-15,22H,5-6,8-11,13H2,1-2H3,(H,19,23);1H,(H,2,3). The number of nitrogens with zero attached hydrogens (tertiary/aromatic N) is 3. The molecule has 1 unspecified atom stereocenters. The van der Waals surface area contributed by atoms with Crippen molar-refractivity contribution in [1.29, 1.82) is 0 Å². The molecule has 1 aromatic rings.